The first-order valence-electron chi connectivity index (χ1n) is 8.25. The standard InChI is InChI=1S/C19H16N6O2/c1-27-24-19(26)15-8-17(14-5-3-7-21-10-14)23-18-16(15)11-22-25(18)12-13-4-2-6-20-9-13/h2-11H,12H2,1H3,(H,24,26). The van der Waals surface area contributed by atoms with Crippen LogP contribution in [0.1, 0.15) is 15.9 Å². The maximum Gasteiger partial charge on any atom is 0.275 e. The molecule has 0 bridgehead atoms. The molecule has 8 heteroatoms. The van der Waals surface area contributed by atoms with Gasteiger partial charge in [-0.25, -0.2) is 15.1 Å². The van der Waals surface area contributed by atoms with Crippen LogP contribution >= 0.6 is 0 Å². The number of pyridine rings is 3. The van der Waals surface area contributed by atoms with Crippen LogP contribution in [0.4, 0.5) is 0 Å². The zero-order chi connectivity index (χ0) is 18.6. The van der Waals surface area contributed by atoms with Crippen LogP contribution in [0.25, 0.3) is 22.3 Å². The van der Waals surface area contributed by atoms with Crippen LogP contribution in [0, 0.1) is 0 Å². The van der Waals surface area contributed by atoms with Crippen molar-refractivity contribution < 1.29 is 9.63 Å². The Bertz CT molecular complexity index is 1080. The number of hydroxylamine groups is 1. The van der Waals surface area contributed by atoms with Crippen molar-refractivity contribution in [3.63, 3.8) is 0 Å². The van der Waals surface area contributed by atoms with E-state index in [2.05, 4.69) is 20.5 Å². The third-order valence-electron chi connectivity index (χ3n) is 4.06. The summed E-state index contributed by atoms with van der Waals surface area (Å²) < 4.78 is 1.75. The summed E-state index contributed by atoms with van der Waals surface area (Å²) in [5.41, 5.74) is 5.81. The predicted octanol–water partition coefficient (Wildman–Crippen LogP) is 2.23. The van der Waals surface area contributed by atoms with Crippen LogP contribution in [-0.4, -0.2) is 37.7 Å². The molecule has 4 aromatic heterocycles. The molecule has 27 heavy (non-hydrogen) atoms. The van der Waals surface area contributed by atoms with Gasteiger partial charge in [0.05, 0.1) is 36.5 Å². The summed E-state index contributed by atoms with van der Waals surface area (Å²) in [5.74, 6) is -0.365. The van der Waals surface area contributed by atoms with Crippen molar-refractivity contribution >= 4 is 16.9 Å². The summed E-state index contributed by atoms with van der Waals surface area (Å²) >= 11 is 0. The summed E-state index contributed by atoms with van der Waals surface area (Å²) in [4.78, 5) is 30.3. The summed E-state index contributed by atoms with van der Waals surface area (Å²) in [6.45, 7) is 0.492. The lowest BCUT2D eigenvalue weighted by molar-refractivity contribution is 0.0539. The summed E-state index contributed by atoms with van der Waals surface area (Å²) in [5, 5.41) is 5.06. The predicted molar refractivity (Wildman–Crippen MR) is 98.6 cm³/mol. The molecule has 0 aliphatic rings. The van der Waals surface area contributed by atoms with Gasteiger partial charge in [-0.2, -0.15) is 5.10 Å². The molecule has 0 fully saturated rings. The molecule has 134 valence electrons. The fourth-order valence-electron chi connectivity index (χ4n) is 2.83. The first-order valence-corrected chi connectivity index (χ1v) is 8.25. The molecule has 0 saturated heterocycles. The van der Waals surface area contributed by atoms with E-state index in [-0.39, 0.29) is 5.91 Å². The zero-order valence-corrected chi connectivity index (χ0v) is 14.5. The molecule has 4 heterocycles. The average molecular weight is 360 g/mol. The summed E-state index contributed by atoms with van der Waals surface area (Å²) in [6, 6.07) is 9.25. The van der Waals surface area contributed by atoms with Crippen LogP contribution in [0.2, 0.25) is 0 Å². The van der Waals surface area contributed by atoms with Gasteiger partial charge >= 0.3 is 0 Å². The van der Waals surface area contributed by atoms with Crippen LogP contribution in [0.5, 0.6) is 0 Å². The van der Waals surface area contributed by atoms with Gasteiger partial charge < -0.3 is 0 Å². The SMILES string of the molecule is CONC(=O)c1cc(-c2cccnc2)nc2c1cnn2Cc1cccnc1. The van der Waals surface area contributed by atoms with E-state index in [0.717, 1.165) is 11.1 Å². The number of aromatic nitrogens is 5. The van der Waals surface area contributed by atoms with E-state index in [1.807, 2.05) is 24.3 Å². The van der Waals surface area contributed by atoms with Crippen molar-refractivity contribution in [2.45, 2.75) is 6.54 Å². The second-order valence-electron chi connectivity index (χ2n) is 5.83. The molecule has 0 aliphatic heterocycles. The lowest BCUT2D eigenvalue weighted by Gasteiger charge is -2.09. The number of fused-ring (bicyclic) bond motifs is 1. The molecule has 8 nitrogen and oxygen atoms in total. The van der Waals surface area contributed by atoms with Crippen LogP contribution < -0.4 is 5.48 Å². The molecule has 0 spiro atoms. The van der Waals surface area contributed by atoms with Gasteiger partial charge in [-0.1, -0.05) is 6.07 Å². The van der Waals surface area contributed by atoms with E-state index in [9.17, 15) is 4.79 Å². The number of carbonyl (C=O) groups excluding carboxylic acids is 1. The van der Waals surface area contributed by atoms with Crippen molar-refractivity contribution in [1.29, 1.82) is 0 Å². The molecule has 1 N–H and O–H groups in total. The Balaban J connectivity index is 1.87. The highest BCUT2D eigenvalue weighted by Gasteiger charge is 2.17. The molecule has 0 aliphatic carbocycles. The topological polar surface area (TPSA) is 94.8 Å². The average Bonchev–Trinajstić information content (AvgIpc) is 3.11. The van der Waals surface area contributed by atoms with Crippen molar-refractivity contribution in [2.24, 2.45) is 0 Å². The van der Waals surface area contributed by atoms with Gasteiger partial charge in [0.25, 0.3) is 5.91 Å². The Morgan fingerprint density at radius 1 is 1.15 bits per heavy atom. The van der Waals surface area contributed by atoms with E-state index in [0.29, 0.717) is 28.8 Å². The third-order valence-corrected chi connectivity index (χ3v) is 4.06. The number of carbonyl (C=O) groups is 1. The lowest BCUT2D eigenvalue weighted by atomic mass is 10.1. The van der Waals surface area contributed by atoms with Gasteiger partial charge in [0, 0.05) is 30.4 Å². The minimum atomic E-state index is -0.365. The largest absolute Gasteiger partial charge is 0.277 e. The van der Waals surface area contributed by atoms with E-state index in [1.165, 1.54) is 7.11 Å². The Labute approximate surface area is 154 Å². The molecule has 0 aromatic carbocycles. The highest BCUT2D eigenvalue weighted by atomic mass is 16.6. The molecule has 0 atom stereocenters. The fraction of sp³-hybridized carbons (Fsp3) is 0.105. The fourth-order valence-corrected chi connectivity index (χ4v) is 2.83. The van der Waals surface area contributed by atoms with Gasteiger partial charge in [0.15, 0.2) is 5.65 Å². The number of hydrogen-bond acceptors (Lipinski definition) is 6. The molecular weight excluding hydrogens is 344 g/mol. The Morgan fingerprint density at radius 3 is 2.67 bits per heavy atom. The highest BCUT2D eigenvalue weighted by molar-refractivity contribution is 6.06. The molecule has 0 radical (unpaired) electrons. The highest BCUT2D eigenvalue weighted by Crippen LogP contribution is 2.25. The third kappa shape index (κ3) is 3.38. The molecule has 0 unspecified atom stereocenters. The lowest BCUT2D eigenvalue weighted by Crippen LogP contribution is -2.22. The van der Waals surface area contributed by atoms with Crippen molar-refractivity contribution in [3.8, 4) is 11.3 Å². The van der Waals surface area contributed by atoms with Crippen molar-refractivity contribution in [2.75, 3.05) is 7.11 Å². The normalized spacial score (nSPS) is 10.9. The number of amides is 1. The number of hydrogen-bond donors (Lipinski definition) is 1. The van der Waals surface area contributed by atoms with E-state index < -0.39 is 0 Å². The first-order chi connectivity index (χ1) is 13.3. The monoisotopic (exact) mass is 360 g/mol. The quantitative estimate of drug-likeness (QED) is 0.549. The Kier molecular flexibility index (Phi) is 4.54. The second-order valence-corrected chi connectivity index (χ2v) is 5.83. The molecule has 4 rings (SSSR count). The molecule has 1 amide bonds. The van der Waals surface area contributed by atoms with E-state index in [4.69, 9.17) is 9.82 Å². The molecule has 4 aromatic rings. The van der Waals surface area contributed by atoms with Crippen LogP contribution in [0.3, 0.4) is 0 Å². The molecule has 0 saturated carbocycles. The van der Waals surface area contributed by atoms with Gasteiger partial charge in [0.1, 0.15) is 0 Å². The van der Waals surface area contributed by atoms with Crippen molar-refractivity contribution in [3.05, 3.63) is 72.4 Å². The van der Waals surface area contributed by atoms with Gasteiger partial charge in [-0.05, 0) is 29.8 Å². The maximum atomic E-state index is 12.5. The smallest absolute Gasteiger partial charge is 0.275 e. The number of rotatable bonds is 5. The summed E-state index contributed by atoms with van der Waals surface area (Å²) in [6.07, 6.45) is 8.52. The van der Waals surface area contributed by atoms with Gasteiger partial charge in [-0.15, -0.1) is 0 Å². The van der Waals surface area contributed by atoms with E-state index in [1.54, 1.807) is 41.7 Å². The van der Waals surface area contributed by atoms with Crippen LogP contribution in [-0.2, 0) is 11.4 Å². The second kappa shape index (κ2) is 7.30. The Morgan fingerprint density at radius 2 is 1.96 bits per heavy atom. The van der Waals surface area contributed by atoms with E-state index >= 15 is 0 Å². The number of nitrogens with zero attached hydrogens (tertiary/aromatic N) is 5. The van der Waals surface area contributed by atoms with Crippen LogP contribution in [0.15, 0.2) is 61.3 Å². The zero-order valence-electron chi connectivity index (χ0n) is 14.5. The maximum absolute atomic E-state index is 12.5. The van der Waals surface area contributed by atoms with Crippen molar-refractivity contribution in [1.82, 2.24) is 30.2 Å². The van der Waals surface area contributed by atoms with Gasteiger partial charge in [-0.3, -0.25) is 19.6 Å². The molecular formula is C19H16N6O2. The summed E-state index contributed by atoms with van der Waals surface area (Å²) in [7, 11) is 1.39. The van der Waals surface area contributed by atoms with Gasteiger partial charge in [0.2, 0.25) is 0 Å². The Hall–Kier alpha value is -3.65. The minimum absolute atomic E-state index is 0.365. The minimum Gasteiger partial charge on any atom is -0.277 e. The number of nitrogens with one attached hydrogen (secondary N) is 1. The first kappa shape index (κ1) is 16.8.